The second-order valence-corrected chi connectivity index (χ2v) is 7.81. The highest BCUT2D eigenvalue weighted by molar-refractivity contribution is 5.70. The molecule has 0 radical (unpaired) electrons. The van der Waals surface area contributed by atoms with Gasteiger partial charge in [-0.15, -0.1) is 0 Å². The molecule has 1 aromatic heterocycles. The van der Waals surface area contributed by atoms with E-state index in [0.29, 0.717) is 0 Å². The lowest BCUT2D eigenvalue weighted by molar-refractivity contribution is 0.556. The second kappa shape index (κ2) is 14.0. The summed E-state index contributed by atoms with van der Waals surface area (Å²) in [4.78, 5) is 6.43. The quantitative estimate of drug-likeness (QED) is 0.314. The Bertz CT molecular complexity index is 646. The van der Waals surface area contributed by atoms with Gasteiger partial charge >= 0.3 is 0 Å². The first-order valence-electron chi connectivity index (χ1n) is 11.2. The lowest BCUT2D eigenvalue weighted by atomic mass is 10.1. The number of aromatic nitrogens is 1. The molecule has 2 aromatic rings. The van der Waals surface area contributed by atoms with E-state index >= 15 is 0 Å². The average Bonchev–Trinajstić information content (AvgIpc) is 2.74. The van der Waals surface area contributed by atoms with E-state index in [1.165, 1.54) is 81.0 Å². The summed E-state index contributed by atoms with van der Waals surface area (Å²) in [7, 11) is 2.20. The van der Waals surface area contributed by atoms with Crippen molar-refractivity contribution in [3.05, 3.63) is 59.9 Å². The standard InChI is InChI=1S/C26H38N2/c1-3-4-5-6-7-8-9-10-11-12-23-28(2)26-17-15-24(16-18-26)13-14-25-19-21-27-22-20-25/h13-22H,3-12,23H2,1-2H3/b14-13+. The number of unbranched alkanes of at least 4 members (excludes halogenated alkanes) is 9. The molecular formula is C26H38N2. The van der Waals surface area contributed by atoms with Gasteiger partial charge in [-0.3, -0.25) is 4.98 Å². The van der Waals surface area contributed by atoms with Crippen LogP contribution in [0.5, 0.6) is 0 Å². The minimum absolute atomic E-state index is 1.14. The first kappa shape index (κ1) is 22.2. The minimum atomic E-state index is 1.14. The van der Waals surface area contributed by atoms with E-state index in [2.05, 4.69) is 60.3 Å². The van der Waals surface area contributed by atoms with Crippen LogP contribution in [0, 0.1) is 0 Å². The Kier molecular flexibility index (Phi) is 11.1. The van der Waals surface area contributed by atoms with Crippen molar-refractivity contribution in [2.24, 2.45) is 0 Å². The van der Waals surface area contributed by atoms with E-state index in [0.717, 1.165) is 6.54 Å². The summed E-state index contributed by atoms with van der Waals surface area (Å²) in [6.45, 7) is 3.43. The molecule has 0 amide bonds. The van der Waals surface area contributed by atoms with Gasteiger partial charge in [-0.05, 0) is 41.8 Å². The highest BCUT2D eigenvalue weighted by Gasteiger charge is 2.00. The van der Waals surface area contributed by atoms with Crippen molar-refractivity contribution in [3.63, 3.8) is 0 Å². The Morgan fingerprint density at radius 3 is 1.75 bits per heavy atom. The molecule has 0 atom stereocenters. The average molecular weight is 379 g/mol. The lowest BCUT2D eigenvalue weighted by Gasteiger charge is -2.19. The van der Waals surface area contributed by atoms with Crippen LogP contribution < -0.4 is 4.90 Å². The molecule has 0 unspecified atom stereocenters. The van der Waals surface area contributed by atoms with Gasteiger partial charge in [-0.2, -0.15) is 0 Å². The Morgan fingerprint density at radius 1 is 0.679 bits per heavy atom. The molecule has 0 aliphatic rings. The van der Waals surface area contributed by atoms with Crippen LogP contribution >= 0.6 is 0 Å². The van der Waals surface area contributed by atoms with Crippen molar-refractivity contribution >= 4 is 17.8 Å². The summed E-state index contributed by atoms with van der Waals surface area (Å²) in [6.07, 6.45) is 21.9. The van der Waals surface area contributed by atoms with E-state index in [1.807, 2.05) is 24.5 Å². The van der Waals surface area contributed by atoms with Crippen LogP contribution in [0.25, 0.3) is 12.2 Å². The van der Waals surface area contributed by atoms with E-state index in [9.17, 15) is 0 Å². The topological polar surface area (TPSA) is 16.1 Å². The summed E-state index contributed by atoms with van der Waals surface area (Å²) in [5, 5.41) is 0. The van der Waals surface area contributed by atoms with E-state index in [4.69, 9.17) is 0 Å². The van der Waals surface area contributed by atoms with Crippen molar-refractivity contribution in [3.8, 4) is 0 Å². The van der Waals surface area contributed by atoms with Crippen LogP contribution in [0.15, 0.2) is 48.8 Å². The van der Waals surface area contributed by atoms with Gasteiger partial charge in [0.25, 0.3) is 0 Å². The van der Waals surface area contributed by atoms with Crippen molar-refractivity contribution in [2.75, 3.05) is 18.5 Å². The molecule has 28 heavy (non-hydrogen) atoms. The molecule has 2 heteroatoms. The van der Waals surface area contributed by atoms with Crippen molar-refractivity contribution in [1.29, 1.82) is 0 Å². The minimum Gasteiger partial charge on any atom is -0.375 e. The number of hydrogen-bond donors (Lipinski definition) is 0. The Morgan fingerprint density at radius 2 is 1.18 bits per heavy atom. The number of benzene rings is 1. The third-order valence-electron chi connectivity index (χ3n) is 5.36. The zero-order chi connectivity index (χ0) is 19.9. The first-order valence-corrected chi connectivity index (χ1v) is 11.2. The van der Waals surface area contributed by atoms with Crippen LogP contribution in [0.1, 0.15) is 82.3 Å². The molecule has 152 valence electrons. The maximum atomic E-state index is 4.05. The molecule has 0 aliphatic heterocycles. The van der Waals surface area contributed by atoms with E-state index in [-0.39, 0.29) is 0 Å². The highest BCUT2D eigenvalue weighted by atomic mass is 15.1. The van der Waals surface area contributed by atoms with Crippen molar-refractivity contribution in [1.82, 2.24) is 4.98 Å². The predicted molar refractivity (Wildman–Crippen MR) is 125 cm³/mol. The number of pyridine rings is 1. The summed E-state index contributed by atoms with van der Waals surface area (Å²) in [5.41, 5.74) is 3.71. The smallest absolute Gasteiger partial charge is 0.0364 e. The number of hydrogen-bond acceptors (Lipinski definition) is 2. The van der Waals surface area contributed by atoms with Crippen LogP contribution in [0.2, 0.25) is 0 Å². The third-order valence-corrected chi connectivity index (χ3v) is 5.36. The summed E-state index contributed by atoms with van der Waals surface area (Å²) in [6, 6.07) is 12.9. The van der Waals surface area contributed by atoms with Gasteiger partial charge in [0.1, 0.15) is 0 Å². The summed E-state index contributed by atoms with van der Waals surface area (Å²) in [5.74, 6) is 0. The first-order chi connectivity index (χ1) is 13.8. The largest absolute Gasteiger partial charge is 0.375 e. The fourth-order valence-electron chi connectivity index (χ4n) is 3.47. The van der Waals surface area contributed by atoms with Gasteiger partial charge in [0.15, 0.2) is 0 Å². The lowest BCUT2D eigenvalue weighted by Crippen LogP contribution is -2.18. The third kappa shape index (κ3) is 9.21. The summed E-state index contributed by atoms with van der Waals surface area (Å²) >= 11 is 0. The molecule has 0 aliphatic carbocycles. The molecule has 0 N–H and O–H groups in total. The van der Waals surface area contributed by atoms with Gasteiger partial charge in [-0.1, -0.05) is 89.0 Å². The zero-order valence-corrected chi connectivity index (χ0v) is 17.9. The molecule has 0 spiro atoms. The maximum absolute atomic E-state index is 4.05. The van der Waals surface area contributed by atoms with Crippen LogP contribution in [-0.4, -0.2) is 18.6 Å². The molecule has 0 bridgehead atoms. The fourth-order valence-corrected chi connectivity index (χ4v) is 3.47. The molecular weight excluding hydrogens is 340 g/mol. The SMILES string of the molecule is CCCCCCCCCCCCN(C)c1ccc(/C=C/c2ccncc2)cc1. The number of anilines is 1. The van der Waals surface area contributed by atoms with Crippen LogP contribution in [0.4, 0.5) is 5.69 Å². The van der Waals surface area contributed by atoms with Crippen LogP contribution in [0.3, 0.4) is 0 Å². The Balaban J connectivity index is 1.59. The van der Waals surface area contributed by atoms with Gasteiger partial charge in [0, 0.05) is 31.7 Å². The van der Waals surface area contributed by atoms with E-state index in [1.54, 1.807) is 0 Å². The molecule has 0 saturated carbocycles. The van der Waals surface area contributed by atoms with Crippen molar-refractivity contribution in [2.45, 2.75) is 71.1 Å². The second-order valence-electron chi connectivity index (χ2n) is 7.81. The monoisotopic (exact) mass is 378 g/mol. The highest BCUT2D eigenvalue weighted by Crippen LogP contribution is 2.17. The molecule has 1 aromatic carbocycles. The normalized spacial score (nSPS) is 11.2. The Hall–Kier alpha value is -2.09. The Labute approximate surface area is 172 Å². The molecule has 0 saturated heterocycles. The van der Waals surface area contributed by atoms with Crippen molar-refractivity contribution < 1.29 is 0 Å². The fraction of sp³-hybridized carbons (Fsp3) is 0.500. The molecule has 0 fully saturated rings. The zero-order valence-electron chi connectivity index (χ0n) is 17.9. The van der Waals surface area contributed by atoms with E-state index < -0.39 is 0 Å². The van der Waals surface area contributed by atoms with Gasteiger partial charge in [-0.25, -0.2) is 0 Å². The maximum Gasteiger partial charge on any atom is 0.0364 e. The van der Waals surface area contributed by atoms with Crippen LogP contribution in [-0.2, 0) is 0 Å². The molecule has 2 rings (SSSR count). The van der Waals surface area contributed by atoms with Gasteiger partial charge < -0.3 is 4.90 Å². The van der Waals surface area contributed by atoms with Gasteiger partial charge in [0.2, 0.25) is 0 Å². The summed E-state index contributed by atoms with van der Waals surface area (Å²) < 4.78 is 0. The van der Waals surface area contributed by atoms with Gasteiger partial charge in [0.05, 0.1) is 0 Å². The number of nitrogens with zero attached hydrogens (tertiary/aromatic N) is 2. The molecule has 2 nitrogen and oxygen atoms in total. The molecule has 1 heterocycles. The number of rotatable bonds is 14. The predicted octanol–water partition coefficient (Wildman–Crippen LogP) is 7.61.